The number of pyridine rings is 1. The Morgan fingerprint density at radius 2 is 1.68 bits per heavy atom. The fourth-order valence-electron chi connectivity index (χ4n) is 3.43. The zero-order valence-electron chi connectivity index (χ0n) is 17.9. The van der Waals surface area contributed by atoms with Crippen molar-refractivity contribution in [3.8, 4) is 39.5 Å². The van der Waals surface area contributed by atoms with Crippen LogP contribution < -0.4 is 10.3 Å². The predicted molar refractivity (Wildman–Crippen MR) is 122 cm³/mol. The standard InChI is InChI=1S/C23H19ClF3N5O2/c1-13-3-5-14(6-4-13)17-18(21-29-31-32-30-21)22(33)28-20(19(17)24)15-7-9-16(10-8-15)34-12-2-11-23(25,26)27/h3-10H,2,11-12H2,1H3,(H,28,33)(H,29,30,31,32). The molecule has 2 N–H and O–H groups in total. The van der Waals surface area contributed by atoms with E-state index in [-0.39, 0.29) is 29.4 Å². The van der Waals surface area contributed by atoms with Gasteiger partial charge in [-0.25, -0.2) is 0 Å². The number of aromatic nitrogens is 5. The van der Waals surface area contributed by atoms with Gasteiger partial charge in [0.15, 0.2) is 0 Å². The molecule has 4 rings (SSSR count). The zero-order valence-corrected chi connectivity index (χ0v) is 18.7. The molecule has 0 aliphatic carbocycles. The Bertz CT molecular complexity index is 1320. The van der Waals surface area contributed by atoms with Crippen LogP contribution in [0.5, 0.6) is 5.75 Å². The van der Waals surface area contributed by atoms with Crippen molar-refractivity contribution in [3.05, 3.63) is 69.5 Å². The largest absolute Gasteiger partial charge is 0.494 e. The van der Waals surface area contributed by atoms with Crippen LogP contribution in [-0.2, 0) is 0 Å². The van der Waals surface area contributed by atoms with Gasteiger partial charge in [0.2, 0.25) is 5.82 Å². The van der Waals surface area contributed by atoms with Crippen LogP contribution in [0.4, 0.5) is 13.2 Å². The smallest absolute Gasteiger partial charge is 0.389 e. The summed E-state index contributed by atoms with van der Waals surface area (Å²) in [6.07, 6.45) is -5.25. The van der Waals surface area contributed by atoms with Crippen molar-refractivity contribution < 1.29 is 17.9 Å². The molecule has 0 saturated carbocycles. The van der Waals surface area contributed by atoms with Gasteiger partial charge in [-0.1, -0.05) is 41.4 Å². The van der Waals surface area contributed by atoms with E-state index in [2.05, 4.69) is 25.6 Å². The number of halogens is 4. The van der Waals surface area contributed by atoms with Gasteiger partial charge in [0, 0.05) is 12.0 Å². The van der Waals surface area contributed by atoms with Crippen LogP contribution in [-0.4, -0.2) is 38.4 Å². The van der Waals surface area contributed by atoms with E-state index in [1.165, 1.54) is 0 Å². The Labute approximate surface area is 196 Å². The Morgan fingerprint density at radius 3 is 2.29 bits per heavy atom. The van der Waals surface area contributed by atoms with Crippen molar-refractivity contribution in [3.63, 3.8) is 0 Å². The third-order valence-electron chi connectivity index (χ3n) is 5.08. The first-order chi connectivity index (χ1) is 16.2. The van der Waals surface area contributed by atoms with Gasteiger partial charge < -0.3 is 9.72 Å². The molecule has 0 aliphatic heterocycles. The van der Waals surface area contributed by atoms with Gasteiger partial charge in [0.05, 0.1) is 22.9 Å². The van der Waals surface area contributed by atoms with Crippen LogP contribution in [0.25, 0.3) is 33.8 Å². The zero-order chi connectivity index (χ0) is 24.3. The van der Waals surface area contributed by atoms with Gasteiger partial charge in [-0.2, -0.15) is 18.4 Å². The van der Waals surface area contributed by atoms with E-state index in [1.807, 2.05) is 31.2 Å². The number of hydrogen-bond donors (Lipinski definition) is 2. The second kappa shape index (κ2) is 9.68. The van der Waals surface area contributed by atoms with Gasteiger partial charge in [0.25, 0.3) is 5.56 Å². The van der Waals surface area contributed by atoms with E-state index in [9.17, 15) is 18.0 Å². The summed E-state index contributed by atoms with van der Waals surface area (Å²) < 4.78 is 42.2. The summed E-state index contributed by atoms with van der Waals surface area (Å²) in [6, 6.07) is 14.1. The molecule has 4 aromatic rings. The van der Waals surface area contributed by atoms with Crippen LogP contribution >= 0.6 is 11.6 Å². The number of rotatable bonds is 7. The van der Waals surface area contributed by atoms with Crippen molar-refractivity contribution in [2.45, 2.75) is 25.9 Å². The third kappa shape index (κ3) is 5.28. The summed E-state index contributed by atoms with van der Waals surface area (Å²) in [4.78, 5) is 15.9. The molecular formula is C23H19ClF3N5O2. The Kier molecular flexibility index (Phi) is 6.69. The first kappa shape index (κ1) is 23.5. The minimum Gasteiger partial charge on any atom is -0.494 e. The highest BCUT2D eigenvalue weighted by Gasteiger charge is 2.26. The van der Waals surface area contributed by atoms with Crippen molar-refractivity contribution in [1.82, 2.24) is 25.6 Å². The summed E-state index contributed by atoms with van der Waals surface area (Å²) in [5.41, 5.74) is 2.88. The van der Waals surface area contributed by atoms with E-state index in [4.69, 9.17) is 16.3 Å². The molecule has 0 saturated heterocycles. The maximum Gasteiger partial charge on any atom is 0.389 e. The van der Waals surface area contributed by atoms with E-state index in [1.54, 1.807) is 24.3 Å². The summed E-state index contributed by atoms with van der Waals surface area (Å²) in [6.45, 7) is 1.88. The first-order valence-electron chi connectivity index (χ1n) is 10.3. The Balaban J connectivity index is 1.69. The number of nitrogens with one attached hydrogen (secondary N) is 2. The highest BCUT2D eigenvalue weighted by molar-refractivity contribution is 6.36. The number of ether oxygens (including phenoxy) is 1. The van der Waals surface area contributed by atoms with E-state index < -0.39 is 18.2 Å². The highest BCUT2D eigenvalue weighted by Crippen LogP contribution is 2.39. The van der Waals surface area contributed by atoms with Gasteiger partial charge in [-0.05, 0) is 54.0 Å². The average molecular weight is 490 g/mol. The second-order valence-electron chi connectivity index (χ2n) is 7.59. The summed E-state index contributed by atoms with van der Waals surface area (Å²) >= 11 is 6.80. The molecule has 11 heteroatoms. The molecule has 7 nitrogen and oxygen atoms in total. The average Bonchev–Trinajstić information content (AvgIpc) is 3.33. The number of aryl methyl sites for hydroxylation is 1. The molecule has 2 aromatic carbocycles. The summed E-state index contributed by atoms with van der Waals surface area (Å²) in [7, 11) is 0. The van der Waals surface area contributed by atoms with Crippen LogP contribution in [0, 0.1) is 6.92 Å². The highest BCUT2D eigenvalue weighted by atomic mass is 35.5. The third-order valence-corrected chi connectivity index (χ3v) is 5.46. The number of alkyl halides is 3. The van der Waals surface area contributed by atoms with Crippen molar-refractivity contribution in [2.75, 3.05) is 6.61 Å². The molecule has 2 aromatic heterocycles. The maximum atomic E-state index is 13.1. The fourth-order valence-corrected chi connectivity index (χ4v) is 3.79. The molecule has 0 unspecified atom stereocenters. The Hall–Kier alpha value is -3.66. The summed E-state index contributed by atoms with van der Waals surface area (Å²) in [5.74, 6) is 0.513. The lowest BCUT2D eigenvalue weighted by Crippen LogP contribution is -2.13. The molecule has 0 radical (unpaired) electrons. The van der Waals surface area contributed by atoms with E-state index in [0.29, 0.717) is 28.1 Å². The molecule has 0 bridgehead atoms. The van der Waals surface area contributed by atoms with Crippen molar-refractivity contribution in [1.29, 1.82) is 0 Å². The number of tetrazole rings is 1. The van der Waals surface area contributed by atoms with Gasteiger partial charge >= 0.3 is 6.18 Å². The normalized spacial score (nSPS) is 11.6. The minimum absolute atomic E-state index is 0.0621. The molecule has 0 atom stereocenters. The second-order valence-corrected chi connectivity index (χ2v) is 7.96. The van der Waals surface area contributed by atoms with Crippen LogP contribution in [0.2, 0.25) is 5.02 Å². The first-order valence-corrected chi connectivity index (χ1v) is 10.7. The Morgan fingerprint density at radius 1 is 1.00 bits per heavy atom. The maximum absolute atomic E-state index is 13.1. The van der Waals surface area contributed by atoms with Gasteiger partial charge in [-0.3, -0.25) is 4.79 Å². The molecular weight excluding hydrogens is 471 g/mol. The molecule has 0 spiro atoms. The molecule has 0 aliphatic rings. The molecule has 2 heterocycles. The van der Waals surface area contributed by atoms with Crippen molar-refractivity contribution >= 4 is 11.6 Å². The van der Waals surface area contributed by atoms with Crippen LogP contribution in [0.15, 0.2) is 53.3 Å². The molecule has 0 fully saturated rings. The number of H-pyrrole nitrogens is 2. The molecule has 34 heavy (non-hydrogen) atoms. The van der Waals surface area contributed by atoms with E-state index in [0.717, 1.165) is 5.56 Å². The number of nitrogens with zero attached hydrogens (tertiary/aromatic N) is 3. The lowest BCUT2D eigenvalue weighted by molar-refractivity contribution is -0.136. The molecule has 176 valence electrons. The number of benzene rings is 2. The fraction of sp³-hybridized carbons (Fsp3) is 0.217. The van der Waals surface area contributed by atoms with Gasteiger partial charge in [-0.15, -0.1) is 10.2 Å². The van der Waals surface area contributed by atoms with Gasteiger partial charge in [0.1, 0.15) is 5.75 Å². The van der Waals surface area contributed by atoms with Crippen molar-refractivity contribution in [2.24, 2.45) is 0 Å². The topological polar surface area (TPSA) is 96.5 Å². The predicted octanol–water partition coefficient (Wildman–Crippen LogP) is 5.57. The quantitative estimate of drug-likeness (QED) is 0.331. The summed E-state index contributed by atoms with van der Waals surface area (Å²) in [5, 5.41) is 14.1. The van der Waals surface area contributed by atoms with Crippen LogP contribution in [0.1, 0.15) is 18.4 Å². The lowest BCUT2D eigenvalue weighted by Gasteiger charge is -2.14. The van der Waals surface area contributed by atoms with Crippen LogP contribution in [0.3, 0.4) is 0 Å². The minimum atomic E-state index is -4.21. The number of hydrogen-bond acceptors (Lipinski definition) is 5. The van der Waals surface area contributed by atoms with E-state index >= 15 is 0 Å². The lowest BCUT2D eigenvalue weighted by atomic mass is 9.97. The number of aromatic amines is 2. The monoisotopic (exact) mass is 489 g/mol. The SMILES string of the molecule is Cc1ccc(-c2c(Cl)c(-c3ccc(OCCCC(F)(F)F)cc3)[nH]c(=O)c2-c2nn[nH]n2)cc1. The molecule has 0 amide bonds.